The Morgan fingerprint density at radius 1 is 0.679 bits per heavy atom. The first-order valence-corrected chi connectivity index (χ1v) is 23.3. The van der Waals surface area contributed by atoms with E-state index in [1.54, 1.807) is 12.3 Å². The van der Waals surface area contributed by atoms with Crippen LogP contribution in [0.2, 0.25) is 0 Å². The second-order valence-corrected chi connectivity index (χ2v) is 17.0. The molecular formula is C46H82NO8P. The van der Waals surface area contributed by atoms with E-state index in [1.165, 1.54) is 83.5 Å². The summed E-state index contributed by atoms with van der Waals surface area (Å²) in [5, 5.41) is 9.48. The molecule has 0 rings (SSSR count). The van der Waals surface area contributed by atoms with Crippen LogP contribution in [-0.2, 0) is 27.9 Å². The van der Waals surface area contributed by atoms with Crippen molar-refractivity contribution in [3.8, 4) is 0 Å². The molecule has 0 aliphatic carbocycles. The van der Waals surface area contributed by atoms with Gasteiger partial charge in [0.1, 0.15) is 19.8 Å². The molecule has 0 saturated heterocycles. The Hall–Kier alpha value is -2.26. The van der Waals surface area contributed by atoms with Crippen LogP contribution in [0.4, 0.5) is 0 Å². The molecule has 56 heavy (non-hydrogen) atoms. The zero-order valence-electron chi connectivity index (χ0n) is 36.2. The van der Waals surface area contributed by atoms with Crippen LogP contribution in [0.3, 0.4) is 0 Å². The molecule has 1 N–H and O–H groups in total. The van der Waals surface area contributed by atoms with E-state index in [9.17, 15) is 19.4 Å². The van der Waals surface area contributed by atoms with Gasteiger partial charge in [-0.1, -0.05) is 158 Å². The normalized spacial score (nSPS) is 15.0. The van der Waals surface area contributed by atoms with E-state index in [2.05, 4.69) is 49.5 Å². The van der Waals surface area contributed by atoms with Gasteiger partial charge in [-0.3, -0.25) is 9.36 Å². The molecule has 0 radical (unpaired) electrons. The summed E-state index contributed by atoms with van der Waals surface area (Å²) in [7, 11) is 1.26. The van der Waals surface area contributed by atoms with Crippen LogP contribution in [-0.4, -0.2) is 75.3 Å². The number of likely N-dealkylation sites (N-methyl/N-ethyl adjacent to an activating group) is 1. The third-order valence-electron chi connectivity index (χ3n) is 8.99. The molecule has 1 unspecified atom stereocenters. The summed E-state index contributed by atoms with van der Waals surface area (Å²) in [5.41, 5.74) is 0. The van der Waals surface area contributed by atoms with Crippen molar-refractivity contribution in [3.63, 3.8) is 0 Å². The van der Waals surface area contributed by atoms with E-state index in [0.29, 0.717) is 17.4 Å². The van der Waals surface area contributed by atoms with Crippen molar-refractivity contribution < 1.29 is 42.4 Å². The van der Waals surface area contributed by atoms with Gasteiger partial charge in [-0.25, -0.2) is 0 Å². The van der Waals surface area contributed by atoms with Gasteiger partial charge in [0.15, 0.2) is 6.10 Å². The molecule has 0 aromatic carbocycles. The van der Waals surface area contributed by atoms with Gasteiger partial charge in [0, 0.05) is 6.42 Å². The van der Waals surface area contributed by atoms with Crippen molar-refractivity contribution in [1.29, 1.82) is 0 Å². The van der Waals surface area contributed by atoms with E-state index in [0.717, 1.165) is 44.9 Å². The first-order valence-electron chi connectivity index (χ1n) is 21.8. The number of carbonyl (C=O) groups is 1. The van der Waals surface area contributed by atoms with Gasteiger partial charge < -0.3 is 33.0 Å². The van der Waals surface area contributed by atoms with Crippen molar-refractivity contribution in [3.05, 3.63) is 73.1 Å². The smallest absolute Gasteiger partial charge is 0.306 e. The molecule has 0 aromatic rings. The van der Waals surface area contributed by atoms with E-state index < -0.39 is 19.9 Å². The first kappa shape index (κ1) is 53.7. The number of carbonyl (C=O) groups excluding carboxylic acids is 1. The molecule has 0 spiro atoms. The number of nitrogens with zero attached hydrogens (tertiary/aromatic N) is 1. The second-order valence-electron chi connectivity index (χ2n) is 15.6. The maximum atomic E-state index is 12.6. The molecule has 0 amide bonds. The zero-order chi connectivity index (χ0) is 41.4. The third-order valence-corrected chi connectivity index (χ3v) is 9.96. The number of ether oxygens (including phenoxy) is 2. The second kappa shape index (κ2) is 38.3. The summed E-state index contributed by atoms with van der Waals surface area (Å²) in [6, 6.07) is 0. The van der Waals surface area contributed by atoms with Gasteiger partial charge in [-0.15, -0.1) is 0 Å². The van der Waals surface area contributed by atoms with E-state index in [-0.39, 0.29) is 32.3 Å². The van der Waals surface area contributed by atoms with Crippen LogP contribution in [0.5, 0.6) is 0 Å². The fourth-order valence-electron chi connectivity index (χ4n) is 5.44. The summed E-state index contributed by atoms with van der Waals surface area (Å²) in [4.78, 5) is 25.0. The lowest BCUT2D eigenvalue weighted by molar-refractivity contribution is -0.870. The number of rotatable bonds is 39. The lowest BCUT2D eigenvalue weighted by Gasteiger charge is -2.28. The number of hydrogen-bond donors (Lipinski definition) is 1. The van der Waals surface area contributed by atoms with Crippen molar-refractivity contribution in [2.24, 2.45) is 0 Å². The van der Waals surface area contributed by atoms with Crippen LogP contribution < -0.4 is 4.89 Å². The Labute approximate surface area is 343 Å². The Kier molecular flexibility index (Phi) is 36.7. The molecule has 3 atom stereocenters. The summed E-state index contributed by atoms with van der Waals surface area (Å²) in [5.74, 6) is -0.426. The number of aliphatic hydroxyl groups is 1. The average Bonchev–Trinajstić information content (AvgIpc) is 3.15. The number of quaternary nitrogens is 1. The minimum absolute atomic E-state index is 0.00353. The molecule has 10 heteroatoms. The predicted molar refractivity (Wildman–Crippen MR) is 232 cm³/mol. The quantitative estimate of drug-likeness (QED) is 0.0124. The fraction of sp³-hybridized carbons (Fsp3) is 0.717. The van der Waals surface area contributed by atoms with Crippen molar-refractivity contribution >= 4 is 13.8 Å². The molecule has 0 heterocycles. The molecular weight excluding hydrogens is 725 g/mol. The lowest BCUT2D eigenvalue weighted by atomic mass is 10.0. The zero-order valence-corrected chi connectivity index (χ0v) is 37.1. The van der Waals surface area contributed by atoms with Gasteiger partial charge in [0.2, 0.25) is 0 Å². The van der Waals surface area contributed by atoms with Crippen LogP contribution >= 0.6 is 7.82 Å². The summed E-state index contributed by atoms with van der Waals surface area (Å²) in [6.07, 6.45) is 46.8. The highest BCUT2D eigenvalue weighted by Gasteiger charge is 2.20. The first-order chi connectivity index (χ1) is 27.0. The van der Waals surface area contributed by atoms with Crippen molar-refractivity contribution in [2.75, 3.05) is 47.5 Å². The van der Waals surface area contributed by atoms with Crippen LogP contribution in [0.25, 0.3) is 0 Å². The maximum Gasteiger partial charge on any atom is 0.306 e. The van der Waals surface area contributed by atoms with Crippen LogP contribution in [0, 0.1) is 0 Å². The van der Waals surface area contributed by atoms with E-state index in [1.807, 2.05) is 46.3 Å². The minimum Gasteiger partial charge on any atom is -0.756 e. The number of hydrogen-bond acceptors (Lipinski definition) is 8. The highest BCUT2D eigenvalue weighted by atomic mass is 31.2. The van der Waals surface area contributed by atoms with E-state index >= 15 is 0 Å². The number of unbranched alkanes of at least 4 members (excludes halogenated alkanes) is 15. The summed E-state index contributed by atoms with van der Waals surface area (Å²) < 4.78 is 34.2. The molecule has 9 nitrogen and oxygen atoms in total. The number of phosphoric acid groups is 1. The topological polar surface area (TPSA) is 114 Å². The molecule has 0 aliphatic rings. The SMILES string of the molecule is CCCCCCCCCCCCCCCC/C=C/OC[C@H](COP(=O)([O-])OCC[N+](C)(C)C)OC(=O)CCC/C=C\C/C=C\C/C=C\C/C=C\C=C\[C@H](O)CC. The molecule has 0 bridgehead atoms. The highest BCUT2D eigenvalue weighted by molar-refractivity contribution is 7.45. The predicted octanol–water partition coefficient (Wildman–Crippen LogP) is 11.4. The van der Waals surface area contributed by atoms with Gasteiger partial charge >= 0.3 is 5.97 Å². The van der Waals surface area contributed by atoms with Gasteiger partial charge in [0.05, 0.1) is 40.1 Å². The largest absolute Gasteiger partial charge is 0.756 e. The average molecular weight is 808 g/mol. The number of esters is 1. The van der Waals surface area contributed by atoms with Crippen LogP contribution in [0.1, 0.15) is 155 Å². The van der Waals surface area contributed by atoms with Gasteiger partial charge in [-0.05, 0) is 57.4 Å². The summed E-state index contributed by atoms with van der Waals surface area (Å²) in [6.45, 7) is 4.32. The molecule has 0 saturated carbocycles. The van der Waals surface area contributed by atoms with E-state index in [4.69, 9.17) is 18.5 Å². The monoisotopic (exact) mass is 808 g/mol. The van der Waals surface area contributed by atoms with Gasteiger partial charge in [0.25, 0.3) is 7.82 Å². The van der Waals surface area contributed by atoms with Crippen molar-refractivity contribution in [1.82, 2.24) is 0 Å². The van der Waals surface area contributed by atoms with Crippen molar-refractivity contribution in [2.45, 2.75) is 167 Å². The standard InChI is InChI=1S/C46H82NO8P/c1-6-8-9-10-11-12-13-14-15-18-21-24-27-30-33-36-40-52-42-45(43-54-56(50,51)53-41-39-47(3,4)5)55-46(49)38-35-32-29-26-23-20-17-16-19-22-25-28-31-34-37-44(48)7-2/h17,19-20,22,26,28-29,31,34,36-37,40,44-45,48H,6-16,18,21,23-25,27,30,32-33,35,38-39,41-43H2,1-5H3/b20-17-,22-19-,29-26-,31-28-,37-34+,40-36+/t44-,45-/m1/s1. The molecule has 0 aliphatic heterocycles. The Morgan fingerprint density at radius 2 is 1.21 bits per heavy atom. The molecule has 0 aromatic heterocycles. The summed E-state index contributed by atoms with van der Waals surface area (Å²) >= 11 is 0. The molecule has 324 valence electrons. The Morgan fingerprint density at radius 3 is 1.79 bits per heavy atom. The number of aliphatic hydroxyl groups excluding tert-OH is 1. The molecule has 0 fully saturated rings. The maximum absolute atomic E-state index is 12.6. The minimum atomic E-state index is -4.57. The Bertz CT molecular complexity index is 1140. The number of allylic oxidation sites excluding steroid dienone is 10. The fourth-order valence-corrected chi connectivity index (χ4v) is 6.17. The lowest BCUT2D eigenvalue weighted by Crippen LogP contribution is -2.37. The highest BCUT2D eigenvalue weighted by Crippen LogP contribution is 2.38. The number of phosphoric ester groups is 1. The van der Waals surface area contributed by atoms with Gasteiger partial charge in [-0.2, -0.15) is 0 Å². The third kappa shape index (κ3) is 41.4. The Balaban J connectivity index is 4.43. The van der Waals surface area contributed by atoms with Crippen LogP contribution in [0.15, 0.2) is 73.1 Å².